The Balaban J connectivity index is 1.34. The molecule has 0 bridgehead atoms. The molecule has 1 amide bonds. The Labute approximate surface area is 261 Å². The molecule has 3 saturated heterocycles. The van der Waals surface area contributed by atoms with Gasteiger partial charge in [0.05, 0.1) is 45.4 Å². The number of amides is 1. The number of thiazole rings is 1. The van der Waals surface area contributed by atoms with Gasteiger partial charge < -0.3 is 14.5 Å². The molecule has 9 nitrogen and oxygen atoms in total. The number of ether oxygens (including phenoxy) is 1. The van der Waals surface area contributed by atoms with Crippen LogP contribution in [0.2, 0.25) is 0 Å². The Morgan fingerprint density at radius 2 is 2.09 bits per heavy atom. The standard InChI is InChI=1S/C32H30F3N7O2S/c1-2-25(43)42-12-11-40(16-20(42)7-9-36)30-22-13-23(34)26(21-5-3-6-24-28(21)37-18-45-24)27(35)29(22)38-31(39-30)44-17-32-8-4-10-41(32)15-19(33)14-32/h2-3,5-6,13,18-20H,1,4,7-8,10-12,14-17H2/t19-,20+,32?/m1/s1. The largest absolute Gasteiger partial charge is 0.461 e. The highest BCUT2D eigenvalue weighted by Crippen LogP contribution is 2.42. The van der Waals surface area contributed by atoms with E-state index in [-0.39, 0.29) is 66.9 Å². The number of halogens is 3. The molecule has 3 aliphatic rings. The number of nitrogens with zero attached hydrogens (tertiary/aromatic N) is 7. The summed E-state index contributed by atoms with van der Waals surface area (Å²) in [6, 6.07) is 7.94. The van der Waals surface area contributed by atoms with Crippen LogP contribution in [0.3, 0.4) is 0 Å². The highest BCUT2D eigenvalue weighted by atomic mass is 32.1. The van der Waals surface area contributed by atoms with Crippen molar-refractivity contribution in [1.29, 1.82) is 5.26 Å². The minimum atomic E-state index is -0.954. The van der Waals surface area contributed by atoms with Gasteiger partial charge in [0.2, 0.25) is 5.91 Å². The number of carbonyl (C=O) groups excluding carboxylic acids is 1. The predicted octanol–water partition coefficient (Wildman–Crippen LogP) is 5.26. The molecule has 3 aliphatic heterocycles. The summed E-state index contributed by atoms with van der Waals surface area (Å²) in [4.78, 5) is 31.5. The van der Waals surface area contributed by atoms with Crippen molar-refractivity contribution in [2.45, 2.75) is 43.4 Å². The van der Waals surface area contributed by atoms with Crippen molar-refractivity contribution in [2.24, 2.45) is 0 Å². The highest BCUT2D eigenvalue weighted by molar-refractivity contribution is 7.16. The van der Waals surface area contributed by atoms with E-state index < -0.39 is 29.4 Å². The Morgan fingerprint density at radius 1 is 1.22 bits per heavy atom. The van der Waals surface area contributed by atoms with Crippen LogP contribution in [0.4, 0.5) is 19.0 Å². The minimum Gasteiger partial charge on any atom is -0.461 e. The number of piperazine rings is 1. The molecule has 3 fully saturated rings. The average molecular weight is 634 g/mol. The van der Waals surface area contributed by atoms with E-state index in [2.05, 4.69) is 32.5 Å². The first-order valence-corrected chi connectivity index (χ1v) is 15.8. The fourth-order valence-electron chi connectivity index (χ4n) is 7.18. The molecule has 1 unspecified atom stereocenters. The smallest absolute Gasteiger partial charge is 0.319 e. The van der Waals surface area contributed by atoms with Crippen LogP contribution < -0.4 is 9.64 Å². The molecule has 4 aromatic rings. The number of aromatic nitrogens is 3. The van der Waals surface area contributed by atoms with Crippen molar-refractivity contribution in [2.75, 3.05) is 44.2 Å². The Bertz CT molecular complexity index is 1860. The van der Waals surface area contributed by atoms with E-state index in [0.717, 1.165) is 24.1 Å². The van der Waals surface area contributed by atoms with Gasteiger partial charge >= 0.3 is 6.01 Å². The summed E-state index contributed by atoms with van der Waals surface area (Å²) >= 11 is 1.37. The number of hydrogen-bond donors (Lipinski definition) is 0. The fraction of sp³-hybridized carbons (Fsp3) is 0.406. The minimum absolute atomic E-state index is 0.0513. The molecule has 0 aliphatic carbocycles. The second-order valence-electron chi connectivity index (χ2n) is 11.8. The van der Waals surface area contributed by atoms with Crippen molar-refractivity contribution in [3.63, 3.8) is 0 Å². The molecule has 13 heteroatoms. The maximum atomic E-state index is 16.6. The lowest BCUT2D eigenvalue weighted by Crippen LogP contribution is -2.55. The number of rotatable bonds is 7. The normalized spacial score (nSPS) is 23.4. The number of carbonyl (C=O) groups is 1. The number of nitriles is 1. The molecule has 0 spiro atoms. The zero-order valence-corrected chi connectivity index (χ0v) is 25.2. The Morgan fingerprint density at radius 3 is 2.91 bits per heavy atom. The lowest BCUT2D eigenvalue weighted by Gasteiger charge is -2.41. The number of fused-ring (bicyclic) bond motifs is 3. The number of hydrogen-bond acceptors (Lipinski definition) is 9. The molecule has 0 radical (unpaired) electrons. The second kappa shape index (κ2) is 11.6. The van der Waals surface area contributed by atoms with Crippen LogP contribution in [0.15, 0.2) is 42.4 Å². The van der Waals surface area contributed by atoms with Gasteiger partial charge in [0.25, 0.3) is 0 Å². The molecular formula is C32H30F3N7O2S. The Hall–Kier alpha value is -4.28. The summed E-state index contributed by atoms with van der Waals surface area (Å²) < 4.78 is 54.0. The van der Waals surface area contributed by atoms with Gasteiger partial charge in [0, 0.05) is 43.5 Å². The number of para-hydroxylation sites is 1. The van der Waals surface area contributed by atoms with Crippen molar-refractivity contribution >= 4 is 44.2 Å². The third-order valence-corrected chi connectivity index (χ3v) is 10.1. The number of alkyl halides is 1. The summed E-state index contributed by atoms with van der Waals surface area (Å²) in [6.45, 7) is 5.57. The molecule has 2 aromatic carbocycles. The third-order valence-electron chi connectivity index (χ3n) is 9.27. The van der Waals surface area contributed by atoms with Gasteiger partial charge in [-0.15, -0.1) is 11.3 Å². The molecule has 0 saturated carbocycles. The van der Waals surface area contributed by atoms with Gasteiger partial charge in [-0.3, -0.25) is 9.69 Å². The molecule has 7 rings (SSSR count). The van der Waals surface area contributed by atoms with E-state index in [1.54, 1.807) is 27.4 Å². The first kappa shape index (κ1) is 29.4. The number of benzene rings is 2. The lowest BCUT2D eigenvalue weighted by molar-refractivity contribution is -0.128. The van der Waals surface area contributed by atoms with Crippen LogP contribution >= 0.6 is 11.3 Å². The SMILES string of the molecule is C=CC(=O)N1CCN(c2nc(OCC34CCCN3C[C@H](F)C4)nc3c(F)c(-c4cccc5scnc45)c(F)cc23)C[C@@H]1CC#N. The summed E-state index contributed by atoms with van der Waals surface area (Å²) in [7, 11) is 0. The van der Waals surface area contributed by atoms with Gasteiger partial charge in [-0.1, -0.05) is 18.7 Å². The van der Waals surface area contributed by atoms with Crippen molar-refractivity contribution < 1.29 is 22.7 Å². The molecule has 232 valence electrons. The maximum Gasteiger partial charge on any atom is 0.319 e. The fourth-order valence-corrected chi connectivity index (χ4v) is 7.89. The van der Waals surface area contributed by atoms with Gasteiger partial charge in [-0.25, -0.2) is 18.2 Å². The van der Waals surface area contributed by atoms with Gasteiger partial charge in [0.15, 0.2) is 5.82 Å². The summed E-state index contributed by atoms with van der Waals surface area (Å²) in [5.74, 6) is -1.74. The van der Waals surface area contributed by atoms with E-state index >= 15 is 8.78 Å². The van der Waals surface area contributed by atoms with Gasteiger partial charge in [-0.05, 0) is 37.6 Å². The topological polar surface area (TPSA) is 98.5 Å². The van der Waals surface area contributed by atoms with Crippen LogP contribution in [-0.2, 0) is 4.79 Å². The lowest BCUT2D eigenvalue weighted by atomic mass is 9.95. The van der Waals surface area contributed by atoms with E-state index in [4.69, 9.17) is 4.74 Å². The zero-order valence-electron chi connectivity index (χ0n) is 24.4. The van der Waals surface area contributed by atoms with Crippen molar-refractivity contribution in [3.8, 4) is 23.2 Å². The Kier molecular flexibility index (Phi) is 7.57. The first-order chi connectivity index (χ1) is 21.8. The van der Waals surface area contributed by atoms with Crippen LogP contribution in [0.25, 0.3) is 32.2 Å². The van der Waals surface area contributed by atoms with Crippen LogP contribution in [0.5, 0.6) is 6.01 Å². The molecule has 2 aromatic heterocycles. The van der Waals surface area contributed by atoms with Gasteiger partial charge in [-0.2, -0.15) is 15.2 Å². The van der Waals surface area contributed by atoms with E-state index in [0.29, 0.717) is 24.0 Å². The zero-order chi connectivity index (χ0) is 31.3. The maximum absolute atomic E-state index is 16.6. The predicted molar refractivity (Wildman–Crippen MR) is 165 cm³/mol. The molecule has 3 atom stereocenters. The van der Waals surface area contributed by atoms with Crippen LogP contribution in [0, 0.1) is 23.0 Å². The number of anilines is 1. The van der Waals surface area contributed by atoms with E-state index in [9.17, 15) is 14.4 Å². The molecule has 45 heavy (non-hydrogen) atoms. The monoisotopic (exact) mass is 633 g/mol. The highest BCUT2D eigenvalue weighted by Gasteiger charge is 2.49. The molecule has 0 N–H and O–H groups in total. The van der Waals surface area contributed by atoms with Crippen LogP contribution in [-0.4, -0.2) is 87.7 Å². The van der Waals surface area contributed by atoms with E-state index in [1.165, 1.54) is 23.5 Å². The van der Waals surface area contributed by atoms with E-state index in [1.807, 2.05) is 6.07 Å². The van der Waals surface area contributed by atoms with Gasteiger partial charge in [0.1, 0.15) is 29.9 Å². The quantitative estimate of drug-likeness (QED) is 0.255. The summed E-state index contributed by atoms with van der Waals surface area (Å²) in [6.07, 6.45) is 2.33. The third kappa shape index (κ3) is 5.06. The average Bonchev–Trinajstić information content (AvgIpc) is 3.74. The molecular weight excluding hydrogens is 603 g/mol. The summed E-state index contributed by atoms with van der Waals surface area (Å²) in [5.41, 5.74) is 1.54. The summed E-state index contributed by atoms with van der Waals surface area (Å²) in [5, 5.41) is 9.62. The second-order valence-corrected chi connectivity index (χ2v) is 12.7. The van der Waals surface area contributed by atoms with Crippen molar-refractivity contribution in [1.82, 2.24) is 24.8 Å². The van der Waals surface area contributed by atoms with Crippen LogP contribution in [0.1, 0.15) is 25.7 Å². The molecule has 5 heterocycles. The van der Waals surface area contributed by atoms with Crippen molar-refractivity contribution in [3.05, 3.63) is 54.1 Å². The first-order valence-electron chi connectivity index (χ1n) is 14.9.